The zero-order chi connectivity index (χ0) is 10.3. The van der Waals surface area contributed by atoms with Gasteiger partial charge >= 0.3 is 0 Å². The fourth-order valence-corrected chi connectivity index (χ4v) is 1.69. The molecule has 0 fully saturated rings. The summed E-state index contributed by atoms with van der Waals surface area (Å²) in [6.45, 7) is 6.79. The smallest absolute Gasteiger partial charge is 0.158 e. The van der Waals surface area contributed by atoms with Gasteiger partial charge in [0.25, 0.3) is 0 Å². The molecule has 1 aromatic heterocycles. The SMILES string of the molecule is CCn1cnc2c1N=C(C)C(C)C2O. The van der Waals surface area contributed by atoms with Crippen LogP contribution in [-0.4, -0.2) is 20.4 Å². The molecule has 1 aliphatic rings. The number of aliphatic hydroxyl groups excluding tert-OH is 1. The molecule has 0 radical (unpaired) electrons. The molecule has 76 valence electrons. The lowest BCUT2D eigenvalue weighted by atomic mass is 9.95. The van der Waals surface area contributed by atoms with E-state index in [1.807, 2.05) is 25.3 Å². The van der Waals surface area contributed by atoms with E-state index in [1.54, 1.807) is 6.33 Å². The van der Waals surface area contributed by atoms with E-state index in [0.717, 1.165) is 18.1 Å². The third-order valence-corrected chi connectivity index (χ3v) is 2.87. The van der Waals surface area contributed by atoms with Crippen LogP contribution in [0.1, 0.15) is 32.6 Å². The number of hydrogen-bond acceptors (Lipinski definition) is 3. The van der Waals surface area contributed by atoms with Gasteiger partial charge in [0.05, 0.1) is 6.33 Å². The molecule has 2 atom stereocenters. The van der Waals surface area contributed by atoms with Gasteiger partial charge in [-0.3, -0.25) is 0 Å². The average molecular weight is 193 g/mol. The predicted molar refractivity (Wildman–Crippen MR) is 54.8 cm³/mol. The highest BCUT2D eigenvalue weighted by atomic mass is 16.3. The number of fused-ring (bicyclic) bond motifs is 1. The van der Waals surface area contributed by atoms with Gasteiger partial charge in [-0.05, 0) is 13.8 Å². The van der Waals surface area contributed by atoms with Crippen molar-refractivity contribution in [2.45, 2.75) is 33.4 Å². The molecule has 0 saturated heterocycles. The molecule has 2 unspecified atom stereocenters. The zero-order valence-corrected chi connectivity index (χ0v) is 8.73. The van der Waals surface area contributed by atoms with E-state index in [9.17, 15) is 5.11 Å². The Balaban J connectivity index is 2.54. The first-order chi connectivity index (χ1) is 6.65. The molecule has 14 heavy (non-hydrogen) atoms. The number of imidazole rings is 1. The van der Waals surface area contributed by atoms with Crippen LogP contribution in [0.3, 0.4) is 0 Å². The lowest BCUT2D eigenvalue weighted by Crippen LogP contribution is -2.21. The summed E-state index contributed by atoms with van der Waals surface area (Å²) in [4.78, 5) is 8.66. The van der Waals surface area contributed by atoms with Crippen molar-refractivity contribution in [2.24, 2.45) is 10.9 Å². The molecule has 1 N–H and O–H groups in total. The number of aryl methyl sites for hydroxylation is 1. The van der Waals surface area contributed by atoms with E-state index >= 15 is 0 Å². The molecule has 4 nitrogen and oxygen atoms in total. The van der Waals surface area contributed by atoms with Gasteiger partial charge in [-0.25, -0.2) is 9.98 Å². The van der Waals surface area contributed by atoms with Crippen molar-refractivity contribution in [3.8, 4) is 0 Å². The molecule has 0 bridgehead atoms. The Labute approximate surface area is 83.3 Å². The molecule has 0 amide bonds. The van der Waals surface area contributed by atoms with Crippen molar-refractivity contribution < 1.29 is 5.11 Å². The van der Waals surface area contributed by atoms with Crippen LogP contribution in [0.5, 0.6) is 0 Å². The van der Waals surface area contributed by atoms with Crippen LogP contribution < -0.4 is 0 Å². The third-order valence-electron chi connectivity index (χ3n) is 2.87. The summed E-state index contributed by atoms with van der Waals surface area (Å²) in [7, 11) is 0. The van der Waals surface area contributed by atoms with Crippen molar-refractivity contribution in [2.75, 3.05) is 0 Å². The summed E-state index contributed by atoms with van der Waals surface area (Å²) in [5.74, 6) is 0.887. The second-order valence-electron chi connectivity index (χ2n) is 3.73. The summed E-state index contributed by atoms with van der Waals surface area (Å²) in [6, 6.07) is 0. The molecule has 0 aromatic carbocycles. The maximum Gasteiger partial charge on any atom is 0.158 e. The molecule has 1 aromatic rings. The van der Waals surface area contributed by atoms with Gasteiger partial charge in [-0.15, -0.1) is 0 Å². The molecule has 0 aliphatic carbocycles. The van der Waals surface area contributed by atoms with E-state index < -0.39 is 6.10 Å². The van der Waals surface area contributed by atoms with Gasteiger partial charge in [-0.2, -0.15) is 0 Å². The van der Waals surface area contributed by atoms with Crippen LogP contribution in [-0.2, 0) is 6.54 Å². The van der Waals surface area contributed by atoms with Crippen LogP contribution in [0.2, 0.25) is 0 Å². The monoisotopic (exact) mass is 193 g/mol. The Morgan fingerprint density at radius 2 is 2.29 bits per heavy atom. The fourth-order valence-electron chi connectivity index (χ4n) is 1.69. The highest BCUT2D eigenvalue weighted by Crippen LogP contribution is 2.35. The molecule has 4 heteroatoms. The standard InChI is InChI=1S/C10H15N3O/c1-4-13-5-11-8-9(14)6(2)7(3)12-10(8)13/h5-6,9,14H,4H2,1-3H3. The van der Waals surface area contributed by atoms with Crippen LogP contribution >= 0.6 is 0 Å². The Bertz CT molecular complexity index is 381. The molecule has 1 aliphatic heterocycles. The molecule has 2 rings (SSSR count). The number of aliphatic hydroxyl groups is 1. The minimum absolute atomic E-state index is 0.0720. The zero-order valence-electron chi connectivity index (χ0n) is 8.73. The highest BCUT2D eigenvalue weighted by Gasteiger charge is 2.29. The van der Waals surface area contributed by atoms with Crippen molar-refractivity contribution in [1.29, 1.82) is 0 Å². The Morgan fingerprint density at radius 1 is 1.57 bits per heavy atom. The Morgan fingerprint density at radius 3 is 2.93 bits per heavy atom. The molecule has 2 heterocycles. The van der Waals surface area contributed by atoms with Gasteiger partial charge in [-0.1, -0.05) is 6.92 Å². The van der Waals surface area contributed by atoms with E-state index in [-0.39, 0.29) is 5.92 Å². The van der Waals surface area contributed by atoms with E-state index in [4.69, 9.17) is 0 Å². The first-order valence-electron chi connectivity index (χ1n) is 4.93. The molecular weight excluding hydrogens is 178 g/mol. The van der Waals surface area contributed by atoms with E-state index in [0.29, 0.717) is 5.69 Å². The number of nitrogens with zero attached hydrogens (tertiary/aromatic N) is 3. The van der Waals surface area contributed by atoms with E-state index in [1.165, 1.54) is 0 Å². The van der Waals surface area contributed by atoms with Gasteiger partial charge in [0, 0.05) is 18.2 Å². The van der Waals surface area contributed by atoms with Crippen LogP contribution in [0, 0.1) is 5.92 Å². The van der Waals surface area contributed by atoms with Crippen molar-refractivity contribution in [3.63, 3.8) is 0 Å². The van der Waals surface area contributed by atoms with Crippen molar-refractivity contribution in [1.82, 2.24) is 9.55 Å². The first-order valence-corrected chi connectivity index (χ1v) is 4.93. The Kier molecular flexibility index (Phi) is 2.15. The number of rotatable bonds is 1. The summed E-state index contributed by atoms with van der Waals surface area (Å²) >= 11 is 0. The van der Waals surface area contributed by atoms with Gasteiger partial charge in [0.2, 0.25) is 0 Å². The molecule has 0 spiro atoms. The van der Waals surface area contributed by atoms with Crippen molar-refractivity contribution in [3.05, 3.63) is 12.0 Å². The summed E-state index contributed by atoms with van der Waals surface area (Å²) in [6.07, 6.45) is 1.23. The normalized spacial score (nSPS) is 25.9. The van der Waals surface area contributed by atoms with Crippen LogP contribution in [0.25, 0.3) is 0 Å². The minimum atomic E-state index is -0.504. The number of aromatic nitrogens is 2. The van der Waals surface area contributed by atoms with E-state index in [2.05, 4.69) is 9.98 Å². The van der Waals surface area contributed by atoms with Gasteiger partial charge in [0.15, 0.2) is 5.82 Å². The average Bonchev–Trinajstić information content (AvgIpc) is 2.57. The third kappa shape index (κ3) is 1.18. The predicted octanol–water partition coefficient (Wildman–Crippen LogP) is 1.68. The quantitative estimate of drug-likeness (QED) is 0.737. The summed E-state index contributed by atoms with van der Waals surface area (Å²) in [5, 5.41) is 9.95. The van der Waals surface area contributed by atoms with Gasteiger partial charge in [0.1, 0.15) is 11.8 Å². The fraction of sp³-hybridized carbons (Fsp3) is 0.600. The van der Waals surface area contributed by atoms with Crippen LogP contribution in [0.15, 0.2) is 11.3 Å². The molecule has 0 saturated carbocycles. The maximum atomic E-state index is 9.95. The van der Waals surface area contributed by atoms with Crippen molar-refractivity contribution >= 4 is 11.5 Å². The lowest BCUT2D eigenvalue weighted by molar-refractivity contribution is 0.141. The summed E-state index contributed by atoms with van der Waals surface area (Å²) < 4.78 is 1.95. The Hall–Kier alpha value is -1.16. The van der Waals surface area contributed by atoms with Gasteiger partial charge < -0.3 is 9.67 Å². The topological polar surface area (TPSA) is 50.4 Å². The maximum absolute atomic E-state index is 9.95. The summed E-state index contributed by atoms with van der Waals surface area (Å²) in [5.41, 5.74) is 1.69. The number of hydrogen-bond donors (Lipinski definition) is 1. The second kappa shape index (κ2) is 3.20. The first kappa shape index (κ1) is 9.40. The lowest BCUT2D eigenvalue weighted by Gasteiger charge is -2.22. The van der Waals surface area contributed by atoms with Crippen LogP contribution in [0.4, 0.5) is 5.82 Å². The molecular formula is C10H15N3O. The minimum Gasteiger partial charge on any atom is -0.386 e. The second-order valence-corrected chi connectivity index (χ2v) is 3.73. The number of aliphatic imine (C=N–C) groups is 1. The highest BCUT2D eigenvalue weighted by molar-refractivity contribution is 5.88. The largest absolute Gasteiger partial charge is 0.386 e.